The second-order valence-electron chi connectivity index (χ2n) is 9.10. The van der Waals surface area contributed by atoms with Crippen molar-refractivity contribution in [3.05, 3.63) is 76.5 Å². The average molecular weight is 536 g/mol. The number of aromatic amines is 1. The normalized spacial score (nSPS) is 12.2. The molecule has 0 spiro atoms. The van der Waals surface area contributed by atoms with Crippen LogP contribution >= 0.6 is 11.6 Å². The van der Waals surface area contributed by atoms with Gasteiger partial charge < -0.3 is 10.7 Å². The van der Waals surface area contributed by atoms with Gasteiger partial charge in [0.05, 0.1) is 17.1 Å². The lowest BCUT2D eigenvalue weighted by Crippen LogP contribution is -2.13. The Morgan fingerprint density at radius 1 is 1.06 bits per heavy atom. The van der Waals surface area contributed by atoms with Crippen LogP contribution in [-0.2, 0) is 21.0 Å². The molecule has 2 aromatic heterocycles. The number of nitrogens with zero attached hydrogens (tertiary/aromatic N) is 3. The first kappa shape index (κ1) is 25.6. The Bertz CT molecular complexity index is 1560. The molecule has 4 aromatic rings. The van der Waals surface area contributed by atoms with Crippen molar-refractivity contribution < 1.29 is 21.6 Å². The zero-order valence-electron chi connectivity index (χ0n) is 19.4. The van der Waals surface area contributed by atoms with Crippen molar-refractivity contribution in [3.8, 4) is 22.6 Å². The largest absolute Gasteiger partial charge is 0.368 e. The maximum Gasteiger partial charge on any atom is 0.220 e. The van der Waals surface area contributed by atoms with Gasteiger partial charge in [0.25, 0.3) is 0 Å². The van der Waals surface area contributed by atoms with E-state index in [4.69, 9.17) is 17.3 Å². The van der Waals surface area contributed by atoms with Crippen LogP contribution in [0.25, 0.3) is 22.6 Å². The number of hydrogen-bond acceptors (Lipinski definition) is 6. The maximum atomic E-state index is 15.8. The molecule has 0 aliphatic rings. The molecule has 0 bridgehead atoms. The Labute approximate surface area is 210 Å². The quantitative estimate of drug-likeness (QED) is 0.351. The molecule has 0 saturated heterocycles. The summed E-state index contributed by atoms with van der Waals surface area (Å²) >= 11 is 6.24. The first-order valence-corrected chi connectivity index (χ1v) is 12.7. The van der Waals surface area contributed by atoms with E-state index in [1.807, 2.05) is 20.8 Å². The van der Waals surface area contributed by atoms with Crippen LogP contribution in [0.2, 0.25) is 5.02 Å². The molecule has 0 amide bonds. The van der Waals surface area contributed by atoms with Gasteiger partial charge in [-0.3, -0.25) is 0 Å². The Balaban J connectivity index is 1.90. The van der Waals surface area contributed by atoms with Crippen LogP contribution in [0, 0.1) is 17.5 Å². The SMILES string of the molecule is CC(C)(C)c1nc(-c2cc(Cl)cc(CS(=O)(=O)c3c(F)cccc3F)c2F)c(-c2ccnc(N)n2)[nH]1. The van der Waals surface area contributed by atoms with Crippen molar-refractivity contribution >= 4 is 27.4 Å². The van der Waals surface area contributed by atoms with E-state index in [9.17, 15) is 17.2 Å². The van der Waals surface area contributed by atoms with Crippen LogP contribution in [0.3, 0.4) is 0 Å². The number of sulfone groups is 1. The highest BCUT2D eigenvalue weighted by atomic mass is 35.5. The molecule has 0 aliphatic carbocycles. The zero-order valence-corrected chi connectivity index (χ0v) is 21.0. The number of hydrogen-bond donors (Lipinski definition) is 2. The minimum absolute atomic E-state index is 0.000865. The highest BCUT2D eigenvalue weighted by Crippen LogP contribution is 2.37. The van der Waals surface area contributed by atoms with Gasteiger partial charge in [0, 0.05) is 27.8 Å². The summed E-state index contributed by atoms with van der Waals surface area (Å²) in [7, 11) is -4.61. The molecule has 0 radical (unpaired) electrons. The fourth-order valence-electron chi connectivity index (χ4n) is 3.60. The summed E-state index contributed by atoms with van der Waals surface area (Å²) in [4.78, 5) is 14.6. The van der Waals surface area contributed by atoms with E-state index in [2.05, 4.69) is 19.9 Å². The van der Waals surface area contributed by atoms with E-state index in [-0.39, 0.29) is 27.8 Å². The van der Waals surface area contributed by atoms with Crippen LogP contribution in [0.5, 0.6) is 0 Å². The summed E-state index contributed by atoms with van der Waals surface area (Å²) < 4.78 is 70.0. The van der Waals surface area contributed by atoms with Gasteiger partial charge in [0.1, 0.15) is 33.9 Å². The van der Waals surface area contributed by atoms with Gasteiger partial charge in [-0.2, -0.15) is 0 Å². The van der Waals surface area contributed by atoms with Gasteiger partial charge in [0.15, 0.2) is 9.84 Å². The van der Waals surface area contributed by atoms with Gasteiger partial charge in [-0.25, -0.2) is 36.5 Å². The number of nitrogens with two attached hydrogens (primary N) is 1. The van der Waals surface area contributed by atoms with Crippen molar-refractivity contribution in [1.82, 2.24) is 19.9 Å². The lowest BCUT2D eigenvalue weighted by atomic mass is 9.96. The number of imidazole rings is 1. The van der Waals surface area contributed by atoms with Gasteiger partial charge in [-0.1, -0.05) is 38.4 Å². The number of nitrogen functional groups attached to an aromatic ring is 1. The summed E-state index contributed by atoms with van der Waals surface area (Å²) in [5.74, 6) is -4.07. The highest BCUT2D eigenvalue weighted by Gasteiger charge is 2.29. The van der Waals surface area contributed by atoms with Crippen molar-refractivity contribution in [2.24, 2.45) is 0 Å². The number of anilines is 1. The van der Waals surface area contributed by atoms with E-state index < -0.39 is 43.4 Å². The molecule has 7 nitrogen and oxygen atoms in total. The molecule has 0 aliphatic heterocycles. The van der Waals surface area contributed by atoms with Crippen LogP contribution < -0.4 is 5.73 Å². The molecule has 12 heteroatoms. The maximum absolute atomic E-state index is 15.8. The molecule has 188 valence electrons. The van der Waals surface area contributed by atoms with Crippen LogP contribution in [0.4, 0.5) is 19.1 Å². The number of rotatable bonds is 5. The number of nitrogens with one attached hydrogen (secondary N) is 1. The molecule has 2 aromatic carbocycles. The molecule has 2 heterocycles. The van der Waals surface area contributed by atoms with Gasteiger partial charge >= 0.3 is 0 Å². The predicted octanol–water partition coefficient (Wildman–Crippen LogP) is 5.46. The second-order valence-corrected chi connectivity index (χ2v) is 11.5. The average Bonchev–Trinajstić information content (AvgIpc) is 3.21. The third kappa shape index (κ3) is 4.93. The summed E-state index contributed by atoms with van der Waals surface area (Å²) in [5.41, 5.74) is 5.48. The lowest BCUT2D eigenvalue weighted by Gasteiger charge is -2.14. The first-order valence-electron chi connectivity index (χ1n) is 10.6. The zero-order chi connectivity index (χ0) is 26.4. The fourth-order valence-corrected chi connectivity index (χ4v) is 5.34. The monoisotopic (exact) mass is 535 g/mol. The Kier molecular flexibility index (Phi) is 6.56. The van der Waals surface area contributed by atoms with E-state index in [1.165, 1.54) is 12.3 Å². The predicted molar refractivity (Wildman–Crippen MR) is 130 cm³/mol. The first-order chi connectivity index (χ1) is 16.8. The van der Waals surface area contributed by atoms with E-state index >= 15 is 4.39 Å². The third-order valence-corrected chi connectivity index (χ3v) is 7.21. The minimum Gasteiger partial charge on any atom is -0.368 e. The molecule has 0 saturated carbocycles. The van der Waals surface area contributed by atoms with Crippen molar-refractivity contribution in [3.63, 3.8) is 0 Å². The number of H-pyrrole nitrogens is 1. The van der Waals surface area contributed by atoms with Crippen LogP contribution in [0.1, 0.15) is 32.2 Å². The number of aromatic nitrogens is 4. The number of halogens is 4. The van der Waals surface area contributed by atoms with E-state index in [0.29, 0.717) is 17.2 Å². The minimum atomic E-state index is -4.61. The topological polar surface area (TPSA) is 115 Å². The fraction of sp³-hybridized carbons (Fsp3) is 0.208. The van der Waals surface area contributed by atoms with Gasteiger partial charge in [0.2, 0.25) is 5.95 Å². The van der Waals surface area contributed by atoms with E-state index in [1.54, 1.807) is 6.07 Å². The summed E-state index contributed by atoms with van der Waals surface area (Å²) in [5, 5.41) is -0.000865. The summed E-state index contributed by atoms with van der Waals surface area (Å²) in [6.45, 7) is 5.68. The third-order valence-electron chi connectivity index (χ3n) is 5.29. The molecule has 0 fully saturated rings. The van der Waals surface area contributed by atoms with E-state index in [0.717, 1.165) is 24.3 Å². The molecular formula is C24H21ClF3N5O2S. The van der Waals surface area contributed by atoms with Crippen molar-refractivity contribution in [1.29, 1.82) is 0 Å². The Hall–Kier alpha value is -3.44. The highest BCUT2D eigenvalue weighted by molar-refractivity contribution is 7.90. The van der Waals surface area contributed by atoms with Crippen LogP contribution in [-0.4, -0.2) is 28.4 Å². The van der Waals surface area contributed by atoms with Crippen LogP contribution in [0.15, 0.2) is 47.5 Å². The smallest absolute Gasteiger partial charge is 0.220 e. The van der Waals surface area contributed by atoms with Gasteiger partial charge in [-0.05, 0) is 30.3 Å². The standard InChI is InChI=1S/C24H21ClF3N5O2S/c1-24(2,3)22-32-19(20(33-22)17-7-8-30-23(29)31-17)14-10-13(25)9-12(18(14)28)11-36(34,35)21-15(26)5-4-6-16(21)27/h4-10H,11H2,1-3H3,(H,32,33)(H2,29,30,31). The molecule has 3 N–H and O–H groups in total. The summed E-state index contributed by atoms with van der Waals surface area (Å²) in [6.07, 6.45) is 1.42. The molecule has 4 rings (SSSR count). The Morgan fingerprint density at radius 3 is 2.33 bits per heavy atom. The second kappa shape index (κ2) is 9.21. The number of benzene rings is 2. The van der Waals surface area contributed by atoms with Gasteiger partial charge in [-0.15, -0.1) is 0 Å². The van der Waals surface area contributed by atoms with Crippen molar-refractivity contribution in [2.75, 3.05) is 5.73 Å². The molecular weight excluding hydrogens is 515 g/mol. The lowest BCUT2D eigenvalue weighted by molar-refractivity contribution is 0.518. The Morgan fingerprint density at radius 2 is 1.72 bits per heavy atom. The molecule has 0 unspecified atom stereocenters. The molecule has 0 atom stereocenters. The molecule has 36 heavy (non-hydrogen) atoms. The van der Waals surface area contributed by atoms with Crippen molar-refractivity contribution in [2.45, 2.75) is 36.8 Å². The summed E-state index contributed by atoms with van der Waals surface area (Å²) in [6, 6.07) is 6.59.